The van der Waals surface area contributed by atoms with E-state index in [0.29, 0.717) is 28.4 Å². The molecule has 5 rings (SSSR count). The third kappa shape index (κ3) is 4.82. The van der Waals surface area contributed by atoms with Crippen molar-refractivity contribution in [3.05, 3.63) is 53.0 Å². The lowest BCUT2D eigenvalue weighted by Crippen LogP contribution is -2.11. The molecular formula is C26H25F2N3O4S. The van der Waals surface area contributed by atoms with Gasteiger partial charge in [-0.1, -0.05) is 0 Å². The lowest BCUT2D eigenvalue weighted by molar-refractivity contribution is -0.119. The number of aryl methyl sites for hydroxylation is 2. The number of aromatic nitrogens is 1. The lowest BCUT2D eigenvalue weighted by atomic mass is 10.1. The summed E-state index contributed by atoms with van der Waals surface area (Å²) >= 11 is 0. The van der Waals surface area contributed by atoms with E-state index in [0.717, 1.165) is 30.4 Å². The molecule has 1 saturated carbocycles. The van der Waals surface area contributed by atoms with Crippen LogP contribution in [0.3, 0.4) is 0 Å². The number of pyridine rings is 1. The van der Waals surface area contributed by atoms with Crippen LogP contribution in [0.1, 0.15) is 35.6 Å². The average molecular weight is 514 g/mol. The fourth-order valence-electron chi connectivity index (χ4n) is 4.24. The maximum atomic E-state index is 13.4. The summed E-state index contributed by atoms with van der Waals surface area (Å²) in [5.41, 5.74) is 2.83. The van der Waals surface area contributed by atoms with E-state index in [1.165, 1.54) is 6.07 Å². The molecule has 1 fully saturated rings. The average Bonchev–Trinajstić information content (AvgIpc) is 3.48. The van der Waals surface area contributed by atoms with Gasteiger partial charge >= 0.3 is 0 Å². The summed E-state index contributed by atoms with van der Waals surface area (Å²) < 4.78 is 58.0. The van der Waals surface area contributed by atoms with Gasteiger partial charge in [0.25, 0.3) is 6.43 Å². The van der Waals surface area contributed by atoms with Crippen LogP contribution in [-0.2, 0) is 27.5 Å². The summed E-state index contributed by atoms with van der Waals surface area (Å²) in [5.74, 6) is 1.37. The van der Waals surface area contributed by atoms with Gasteiger partial charge in [0.1, 0.15) is 23.0 Å². The molecule has 3 aromatic rings. The highest BCUT2D eigenvalue weighted by Gasteiger charge is 2.31. The molecule has 0 unspecified atom stereocenters. The Morgan fingerprint density at radius 3 is 2.53 bits per heavy atom. The highest BCUT2D eigenvalue weighted by Crippen LogP contribution is 2.40. The number of anilines is 2. The van der Waals surface area contributed by atoms with Crippen molar-refractivity contribution in [3.8, 4) is 11.3 Å². The Morgan fingerprint density at radius 2 is 1.92 bits per heavy atom. The van der Waals surface area contributed by atoms with E-state index in [1.54, 1.807) is 18.2 Å². The highest BCUT2D eigenvalue weighted by molar-refractivity contribution is 7.90. The molecule has 36 heavy (non-hydrogen) atoms. The zero-order valence-electron chi connectivity index (χ0n) is 20.1. The number of nitrogens with zero attached hydrogens (tertiary/aromatic N) is 2. The fraction of sp³-hybridized carbons (Fsp3) is 0.346. The molecule has 1 aliphatic carbocycles. The number of aliphatic imine (C=N–C) groups is 1. The molecule has 1 N–H and O–H groups in total. The van der Waals surface area contributed by atoms with Crippen LogP contribution in [0.2, 0.25) is 0 Å². The fourth-order valence-corrected chi connectivity index (χ4v) is 5.10. The first-order valence-corrected chi connectivity index (χ1v) is 13.5. The summed E-state index contributed by atoms with van der Waals surface area (Å²) in [7, 11) is -3.69. The van der Waals surface area contributed by atoms with Gasteiger partial charge in [-0.3, -0.25) is 9.78 Å². The Labute approximate surface area is 207 Å². The number of carbonyl (C=O) groups is 1. The van der Waals surface area contributed by atoms with Gasteiger partial charge in [0.15, 0.2) is 9.84 Å². The quantitative estimate of drug-likeness (QED) is 0.426. The topological polar surface area (TPSA) is 102 Å². The van der Waals surface area contributed by atoms with Crippen molar-refractivity contribution in [1.82, 2.24) is 4.98 Å². The second-order valence-electron chi connectivity index (χ2n) is 9.41. The van der Waals surface area contributed by atoms with Gasteiger partial charge in [-0.2, -0.15) is 0 Å². The molecule has 7 nitrogen and oxygen atoms in total. The molecule has 2 aromatic heterocycles. The van der Waals surface area contributed by atoms with Gasteiger partial charge in [-0.05, 0) is 62.6 Å². The first-order valence-electron chi connectivity index (χ1n) is 11.6. The SMILES string of the molecule is Cc1cc(-c2ccc(Nc3cc(CC(=O)C4CC4)nc4c3N=C(C(F)F)C4)c(S(C)(=O)=O)c2)oc1C. The third-order valence-corrected chi connectivity index (χ3v) is 7.60. The van der Waals surface area contributed by atoms with Gasteiger partial charge in [0, 0.05) is 30.6 Å². The van der Waals surface area contributed by atoms with Crippen molar-refractivity contribution in [1.29, 1.82) is 0 Å². The van der Waals surface area contributed by atoms with Gasteiger partial charge in [0.2, 0.25) is 0 Å². The van der Waals surface area contributed by atoms with E-state index < -0.39 is 16.3 Å². The number of hydrogen-bond acceptors (Lipinski definition) is 7. The smallest absolute Gasteiger partial charge is 0.277 e. The number of ketones is 1. The normalized spacial score (nSPS) is 15.2. The number of sulfone groups is 1. The summed E-state index contributed by atoms with van der Waals surface area (Å²) in [4.78, 5) is 20.9. The number of alkyl halides is 2. The molecule has 3 heterocycles. The van der Waals surface area contributed by atoms with Crippen LogP contribution in [0.5, 0.6) is 0 Å². The number of carbonyl (C=O) groups excluding carboxylic acids is 1. The number of fused-ring (bicyclic) bond motifs is 1. The molecule has 0 bridgehead atoms. The molecule has 0 radical (unpaired) electrons. The number of furan rings is 1. The third-order valence-electron chi connectivity index (χ3n) is 6.46. The molecule has 0 amide bonds. The second kappa shape index (κ2) is 8.92. The van der Waals surface area contributed by atoms with Gasteiger partial charge in [0.05, 0.1) is 33.4 Å². The van der Waals surface area contributed by atoms with E-state index in [9.17, 15) is 22.0 Å². The predicted octanol–water partition coefficient (Wildman–Crippen LogP) is 5.52. The summed E-state index contributed by atoms with van der Waals surface area (Å²) in [6.07, 6.45) is 0.0290. The highest BCUT2D eigenvalue weighted by atomic mass is 32.2. The van der Waals surface area contributed by atoms with Crippen LogP contribution in [0.15, 0.2) is 44.6 Å². The van der Waals surface area contributed by atoms with Gasteiger partial charge < -0.3 is 9.73 Å². The van der Waals surface area contributed by atoms with Crippen LogP contribution >= 0.6 is 0 Å². The van der Waals surface area contributed by atoms with Crippen molar-refractivity contribution in [2.45, 2.75) is 50.9 Å². The van der Waals surface area contributed by atoms with Crippen molar-refractivity contribution >= 4 is 38.4 Å². The molecule has 2 aliphatic rings. The maximum absolute atomic E-state index is 13.4. The molecule has 1 aliphatic heterocycles. The van der Waals surface area contributed by atoms with E-state index >= 15 is 0 Å². The van der Waals surface area contributed by atoms with E-state index in [2.05, 4.69) is 15.3 Å². The van der Waals surface area contributed by atoms with Gasteiger partial charge in [-0.25, -0.2) is 22.2 Å². The summed E-state index contributed by atoms with van der Waals surface area (Å²) in [6.45, 7) is 3.73. The van der Waals surface area contributed by atoms with Crippen molar-refractivity contribution < 1.29 is 26.4 Å². The van der Waals surface area contributed by atoms with Gasteiger partial charge in [-0.15, -0.1) is 0 Å². The maximum Gasteiger partial charge on any atom is 0.277 e. The molecule has 0 spiro atoms. The van der Waals surface area contributed by atoms with Crippen molar-refractivity contribution in [2.75, 3.05) is 11.6 Å². The summed E-state index contributed by atoms with van der Waals surface area (Å²) in [6, 6.07) is 8.27. The largest absolute Gasteiger partial charge is 0.461 e. The zero-order chi connectivity index (χ0) is 25.8. The minimum absolute atomic E-state index is 0.0175. The van der Waals surface area contributed by atoms with Crippen LogP contribution in [0.4, 0.5) is 25.8 Å². The molecule has 188 valence electrons. The van der Waals surface area contributed by atoms with Crippen molar-refractivity contribution in [3.63, 3.8) is 0 Å². The standard InChI is InChI=1S/C26H25F2N3O4S/c1-13-8-23(35-14(13)2)16-6-7-18(24(9-16)36(3,33)34)30-19-10-17(11-22(32)15-4-5-15)29-20-12-21(26(27)28)31-25(19)20/h6-10,15,26H,4-5,11-12H2,1-3H3,(H,29,30). The minimum atomic E-state index is -3.69. The molecule has 0 saturated heterocycles. The van der Waals surface area contributed by atoms with E-state index in [4.69, 9.17) is 4.42 Å². The number of Topliss-reactive ketones (excluding diaryl/α,β-unsaturated/α-hetero) is 1. The van der Waals surface area contributed by atoms with E-state index in [-0.39, 0.29) is 46.5 Å². The molecule has 1 aromatic carbocycles. The number of halogens is 2. The Morgan fingerprint density at radius 1 is 1.17 bits per heavy atom. The predicted molar refractivity (Wildman–Crippen MR) is 132 cm³/mol. The molecule has 0 atom stereocenters. The van der Waals surface area contributed by atoms with Crippen LogP contribution < -0.4 is 5.32 Å². The first kappa shape index (κ1) is 24.3. The Hall–Kier alpha value is -3.40. The van der Waals surface area contributed by atoms with E-state index in [1.807, 2.05) is 19.9 Å². The summed E-state index contributed by atoms with van der Waals surface area (Å²) in [5, 5.41) is 3.08. The number of nitrogens with one attached hydrogen (secondary N) is 1. The lowest BCUT2D eigenvalue weighted by Gasteiger charge is -2.15. The zero-order valence-corrected chi connectivity index (χ0v) is 20.9. The first-order chi connectivity index (χ1) is 17.0. The Kier molecular flexibility index (Phi) is 6.02. The van der Waals surface area contributed by atoms with Crippen LogP contribution in [-0.4, -0.2) is 37.6 Å². The minimum Gasteiger partial charge on any atom is -0.461 e. The monoisotopic (exact) mass is 513 g/mol. The Bertz CT molecular complexity index is 1500. The second-order valence-corrected chi connectivity index (χ2v) is 11.4. The molecular weight excluding hydrogens is 488 g/mol. The number of rotatable bonds is 8. The number of benzene rings is 1. The molecule has 10 heteroatoms. The number of hydrogen-bond donors (Lipinski definition) is 1. The Balaban J connectivity index is 1.57. The van der Waals surface area contributed by atoms with Crippen LogP contribution in [0.25, 0.3) is 11.3 Å². The van der Waals surface area contributed by atoms with Crippen molar-refractivity contribution in [2.24, 2.45) is 10.9 Å². The van der Waals surface area contributed by atoms with Crippen LogP contribution in [0, 0.1) is 19.8 Å².